The molecular formula is C27H36O4. The average Bonchev–Trinajstić information content (AvgIpc) is 2.73. The number of carboxylic acid groups (broad SMARTS) is 1. The summed E-state index contributed by atoms with van der Waals surface area (Å²) in [6.45, 7) is 10.3. The maximum absolute atomic E-state index is 12.4. The number of rotatable bonds is 12. The van der Waals surface area contributed by atoms with Crippen LogP contribution in [0, 0.1) is 5.92 Å². The topological polar surface area (TPSA) is 63.6 Å². The lowest BCUT2D eigenvalue weighted by molar-refractivity contribution is -0.145. The smallest absolute Gasteiger partial charge is 0.349 e. The van der Waals surface area contributed by atoms with Gasteiger partial charge in [-0.25, -0.2) is 4.79 Å². The SMILES string of the molecule is CCCc1cc(C(=O)CC)cc(CCC)c1O[C@H](C(=O)O)c1ccc(CC(C)C)cc1. The lowest BCUT2D eigenvalue weighted by atomic mass is 9.95. The molecule has 0 heterocycles. The summed E-state index contributed by atoms with van der Waals surface area (Å²) < 4.78 is 6.21. The maximum atomic E-state index is 12.4. The molecule has 2 aromatic rings. The predicted octanol–water partition coefficient (Wildman–Crippen LogP) is 6.59. The van der Waals surface area contributed by atoms with Crippen LogP contribution in [0.3, 0.4) is 0 Å². The van der Waals surface area contributed by atoms with Crippen LogP contribution in [0.25, 0.3) is 0 Å². The third-order valence-electron chi connectivity index (χ3n) is 5.31. The van der Waals surface area contributed by atoms with E-state index in [2.05, 4.69) is 27.7 Å². The summed E-state index contributed by atoms with van der Waals surface area (Å²) in [6.07, 6.45) is 3.53. The fraction of sp³-hybridized carbons (Fsp3) is 0.481. The number of aliphatic carboxylic acids is 1. The second kappa shape index (κ2) is 11.7. The van der Waals surface area contributed by atoms with Crippen molar-refractivity contribution in [3.8, 4) is 5.75 Å². The van der Waals surface area contributed by atoms with Gasteiger partial charge in [0.15, 0.2) is 5.78 Å². The summed E-state index contributed by atoms with van der Waals surface area (Å²) in [5.74, 6) is 0.233. The fourth-order valence-electron chi connectivity index (χ4n) is 3.86. The predicted molar refractivity (Wildman–Crippen MR) is 125 cm³/mol. The van der Waals surface area contributed by atoms with E-state index >= 15 is 0 Å². The Kier molecular flexibility index (Phi) is 9.29. The summed E-state index contributed by atoms with van der Waals surface area (Å²) in [5.41, 5.74) is 4.31. The first-order valence-electron chi connectivity index (χ1n) is 11.5. The van der Waals surface area contributed by atoms with Gasteiger partial charge in [0.25, 0.3) is 0 Å². The Bertz CT molecular complexity index is 854. The van der Waals surface area contributed by atoms with Crippen LogP contribution < -0.4 is 4.74 Å². The van der Waals surface area contributed by atoms with E-state index in [0.29, 0.717) is 29.2 Å². The molecule has 0 amide bonds. The number of Topliss-reactive ketones (excluding diaryl/α,β-unsaturated/α-hetero) is 1. The van der Waals surface area contributed by atoms with E-state index in [1.165, 1.54) is 5.56 Å². The molecule has 0 saturated heterocycles. The van der Waals surface area contributed by atoms with Gasteiger partial charge in [-0.05, 0) is 54.0 Å². The standard InChI is InChI=1S/C27H36O4/c1-6-9-21-16-23(24(28)8-3)17-22(10-7-2)25(21)31-26(27(29)30)20-13-11-19(12-14-20)15-18(4)5/h11-14,16-18,26H,6-10,15H2,1-5H3,(H,29,30)/t26-/m0/s1. The summed E-state index contributed by atoms with van der Waals surface area (Å²) in [6, 6.07) is 11.4. The van der Waals surface area contributed by atoms with Gasteiger partial charge < -0.3 is 9.84 Å². The third-order valence-corrected chi connectivity index (χ3v) is 5.31. The highest BCUT2D eigenvalue weighted by Gasteiger charge is 2.25. The first-order valence-corrected chi connectivity index (χ1v) is 11.5. The van der Waals surface area contributed by atoms with Gasteiger partial charge >= 0.3 is 5.97 Å². The fourth-order valence-corrected chi connectivity index (χ4v) is 3.86. The lowest BCUT2D eigenvalue weighted by Crippen LogP contribution is -2.20. The molecule has 2 rings (SSSR count). The van der Waals surface area contributed by atoms with Crippen molar-refractivity contribution in [1.82, 2.24) is 0 Å². The number of hydrogen-bond acceptors (Lipinski definition) is 3. The second-order valence-corrected chi connectivity index (χ2v) is 8.58. The molecule has 0 bridgehead atoms. The summed E-state index contributed by atoms with van der Waals surface area (Å²) >= 11 is 0. The van der Waals surface area contributed by atoms with E-state index in [1.54, 1.807) is 0 Å². The van der Waals surface area contributed by atoms with Gasteiger partial charge in [0.2, 0.25) is 6.10 Å². The maximum Gasteiger partial charge on any atom is 0.349 e. The number of carbonyl (C=O) groups is 2. The van der Waals surface area contributed by atoms with Crippen molar-refractivity contribution in [2.45, 2.75) is 79.2 Å². The summed E-state index contributed by atoms with van der Waals surface area (Å²) in [4.78, 5) is 24.5. The van der Waals surface area contributed by atoms with E-state index in [9.17, 15) is 14.7 Å². The molecule has 4 nitrogen and oxygen atoms in total. The van der Waals surface area contributed by atoms with Crippen LogP contribution >= 0.6 is 0 Å². The van der Waals surface area contributed by atoms with Gasteiger partial charge in [-0.3, -0.25) is 4.79 Å². The van der Waals surface area contributed by atoms with Crippen LogP contribution in [0.1, 0.15) is 92.6 Å². The number of carboxylic acids is 1. The van der Waals surface area contributed by atoms with Crippen LogP contribution in [-0.4, -0.2) is 16.9 Å². The van der Waals surface area contributed by atoms with E-state index < -0.39 is 12.1 Å². The molecule has 0 saturated carbocycles. The van der Waals surface area contributed by atoms with Gasteiger partial charge in [0.1, 0.15) is 5.75 Å². The molecule has 0 radical (unpaired) electrons. The van der Waals surface area contributed by atoms with Crippen LogP contribution in [0.4, 0.5) is 0 Å². The monoisotopic (exact) mass is 424 g/mol. The van der Waals surface area contributed by atoms with E-state index in [-0.39, 0.29) is 5.78 Å². The molecule has 0 unspecified atom stereocenters. The number of ketones is 1. The molecular weight excluding hydrogens is 388 g/mol. The van der Waals surface area contributed by atoms with Crippen molar-refractivity contribution in [3.05, 3.63) is 64.2 Å². The van der Waals surface area contributed by atoms with Crippen LogP contribution in [-0.2, 0) is 24.1 Å². The van der Waals surface area contributed by atoms with Crippen LogP contribution in [0.5, 0.6) is 5.75 Å². The number of hydrogen-bond donors (Lipinski definition) is 1. The largest absolute Gasteiger partial charge is 0.478 e. The van der Waals surface area contributed by atoms with Gasteiger partial charge in [0.05, 0.1) is 0 Å². The van der Waals surface area contributed by atoms with Crippen LogP contribution in [0.2, 0.25) is 0 Å². The first-order chi connectivity index (χ1) is 14.8. The van der Waals surface area contributed by atoms with Crippen molar-refractivity contribution in [2.24, 2.45) is 5.92 Å². The Balaban J connectivity index is 2.48. The van der Waals surface area contributed by atoms with Crippen molar-refractivity contribution < 1.29 is 19.4 Å². The molecule has 31 heavy (non-hydrogen) atoms. The lowest BCUT2D eigenvalue weighted by Gasteiger charge is -2.22. The Morgan fingerprint density at radius 3 is 1.90 bits per heavy atom. The van der Waals surface area contributed by atoms with Gasteiger partial charge in [-0.2, -0.15) is 0 Å². The summed E-state index contributed by atoms with van der Waals surface area (Å²) in [5, 5.41) is 9.95. The van der Waals surface area contributed by atoms with Gasteiger partial charge in [0, 0.05) is 17.5 Å². The molecule has 0 aliphatic carbocycles. The molecule has 0 aromatic heterocycles. The molecule has 0 aliphatic heterocycles. The van der Waals surface area contributed by atoms with Crippen molar-refractivity contribution in [2.75, 3.05) is 0 Å². The minimum absolute atomic E-state index is 0.0942. The third kappa shape index (κ3) is 6.68. The van der Waals surface area contributed by atoms with E-state index in [1.807, 2.05) is 43.3 Å². The molecule has 0 aliphatic rings. The Morgan fingerprint density at radius 2 is 1.48 bits per heavy atom. The highest BCUT2D eigenvalue weighted by Crippen LogP contribution is 2.33. The Hall–Kier alpha value is -2.62. The molecule has 1 atom stereocenters. The van der Waals surface area contributed by atoms with Crippen LogP contribution in [0.15, 0.2) is 36.4 Å². The highest BCUT2D eigenvalue weighted by atomic mass is 16.5. The zero-order chi connectivity index (χ0) is 23.0. The molecule has 1 N–H and O–H groups in total. The first kappa shape index (κ1) is 24.6. The molecule has 2 aromatic carbocycles. The minimum Gasteiger partial charge on any atom is -0.478 e. The Morgan fingerprint density at radius 1 is 0.935 bits per heavy atom. The average molecular weight is 425 g/mol. The number of aryl methyl sites for hydroxylation is 2. The molecule has 4 heteroatoms. The number of carbonyl (C=O) groups excluding carboxylic acids is 1. The number of ether oxygens (including phenoxy) is 1. The molecule has 168 valence electrons. The van der Waals surface area contributed by atoms with Crippen molar-refractivity contribution >= 4 is 11.8 Å². The second-order valence-electron chi connectivity index (χ2n) is 8.58. The minimum atomic E-state index is -1.09. The van der Waals surface area contributed by atoms with Gasteiger partial charge in [-0.1, -0.05) is 71.7 Å². The Labute approximate surface area is 186 Å². The van der Waals surface area contributed by atoms with E-state index in [4.69, 9.17) is 4.74 Å². The molecule has 0 spiro atoms. The van der Waals surface area contributed by atoms with Crippen molar-refractivity contribution in [3.63, 3.8) is 0 Å². The normalized spacial score (nSPS) is 12.1. The molecule has 0 fully saturated rings. The van der Waals surface area contributed by atoms with E-state index in [0.717, 1.165) is 43.2 Å². The highest BCUT2D eigenvalue weighted by molar-refractivity contribution is 5.96. The van der Waals surface area contributed by atoms with Gasteiger partial charge in [-0.15, -0.1) is 0 Å². The zero-order valence-electron chi connectivity index (χ0n) is 19.5. The number of benzene rings is 2. The van der Waals surface area contributed by atoms with Crippen molar-refractivity contribution in [1.29, 1.82) is 0 Å². The zero-order valence-corrected chi connectivity index (χ0v) is 19.5. The summed E-state index contributed by atoms with van der Waals surface area (Å²) in [7, 11) is 0. The quantitative estimate of drug-likeness (QED) is 0.391.